The van der Waals surface area contributed by atoms with Crippen molar-refractivity contribution in [1.29, 1.82) is 0 Å². The van der Waals surface area contributed by atoms with E-state index in [1.54, 1.807) is 6.07 Å². The number of carbonyl (C=O) groups is 1. The highest BCUT2D eigenvalue weighted by Crippen LogP contribution is 2.30. The number of phenols is 1. The Kier molecular flexibility index (Phi) is 8.20. The van der Waals surface area contributed by atoms with E-state index < -0.39 is 16.0 Å². The van der Waals surface area contributed by atoms with Gasteiger partial charge >= 0.3 is 5.97 Å². The monoisotopic (exact) mass is 431 g/mol. The first-order valence-electron chi connectivity index (χ1n) is 9.19. The van der Waals surface area contributed by atoms with Gasteiger partial charge in [-0.3, -0.25) is 0 Å². The Balaban J connectivity index is 2.18. The number of esters is 1. The molecule has 0 radical (unpaired) electrons. The van der Waals surface area contributed by atoms with E-state index in [-0.39, 0.29) is 30.4 Å². The normalized spacial score (nSPS) is 12.5. The molecule has 2 aromatic carbocycles. The molecule has 160 valence electrons. The quantitative estimate of drug-likeness (QED) is 0.559. The van der Waals surface area contributed by atoms with E-state index in [1.165, 1.54) is 25.3 Å². The fraction of sp³-hybridized carbons (Fsp3) is 0.227. The second kappa shape index (κ2) is 10.6. The van der Waals surface area contributed by atoms with Gasteiger partial charge < -0.3 is 14.6 Å². The van der Waals surface area contributed by atoms with E-state index in [0.29, 0.717) is 11.3 Å². The maximum atomic E-state index is 12.7. The third-order valence-electron chi connectivity index (χ3n) is 4.31. The molecule has 2 aromatic rings. The van der Waals surface area contributed by atoms with Crippen molar-refractivity contribution in [1.82, 2.24) is 4.72 Å². The molecule has 0 spiro atoms. The molecule has 30 heavy (non-hydrogen) atoms. The molecule has 0 amide bonds. The Labute approximate surface area is 176 Å². The maximum Gasteiger partial charge on any atom is 0.342 e. The lowest BCUT2D eigenvalue weighted by atomic mass is 10.0. The van der Waals surface area contributed by atoms with Crippen LogP contribution < -0.4 is 9.46 Å². The SMILES string of the molecule is C=CS(=O)(=O)NC/C=C/c1cc(OC)cc(O)c1C(=O)OCC(C)c1ccccc1. The summed E-state index contributed by atoms with van der Waals surface area (Å²) in [6.45, 7) is 5.26. The van der Waals surface area contributed by atoms with Gasteiger partial charge in [-0.2, -0.15) is 0 Å². The molecule has 0 heterocycles. The predicted molar refractivity (Wildman–Crippen MR) is 116 cm³/mol. The van der Waals surface area contributed by atoms with Gasteiger partial charge in [0.15, 0.2) is 0 Å². The number of nitrogens with one attached hydrogen (secondary N) is 1. The highest BCUT2D eigenvalue weighted by atomic mass is 32.2. The Hall–Kier alpha value is -3.10. The first-order chi connectivity index (χ1) is 14.3. The number of carbonyl (C=O) groups excluding carboxylic acids is 1. The van der Waals surface area contributed by atoms with Crippen molar-refractivity contribution in [3.63, 3.8) is 0 Å². The van der Waals surface area contributed by atoms with Crippen LogP contribution in [0, 0.1) is 0 Å². The molecule has 2 N–H and O–H groups in total. The number of sulfonamides is 1. The molecule has 1 unspecified atom stereocenters. The number of phenolic OH excluding ortho intramolecular Hbond substituents is 1. The van der Waals surface area contributed by atoms with Crippen LogP contribution in [-0.2, 0) is 14.8 Å². The summed E-state index contributed by atoms with van der Waals surface area (Å²) < 4.78 is 35.7. The molecule has 0 aliphatic heterocycles. The van der Waals surface area contributed by atoms with Crippen molar-refractivity contribution in [2.45, 2.75) is 12.8 Å². The van der Waals surface area contributed by atoms with Gasteiger partial charge in [0, 0.05) is 23.9 Å². The van der Waals surface area contributed by atoms with E-state index in [1.807, 2.05) is 37.3 Å². The Morgan fingerprint density at radius 3 is 2.60 bits per heavy atom. The third-order valence-corrected chi connectivity index (χ3v) is 5.32. The second-order valence-electron chi connectivity index (χ2n) is 6.48. The summed E-state index contributed by atoms with van der Waals surface area (Å²) in [6.07, 6.45) is 3.00. The zero-order valence-electron chi connectivity index (χ0n) is 16.9. The molecule has 0 saturated carbocycles. The number of methoxy groups -OCH3 is 1. The molecule has 0 aromatic heterocycles. The molecule has 0 aliphatic rings. The molecular weight excluding hydrogens is 406 g/mol. The number of ether oxygens (including phenoxy) is 2. The van der Waals surface area contributed by atoms with E-state index in [0.717, 1.165) is 11.0 Å². The van der Waals surface area contributed by atoms with Gasteiger partial charge in [-0.05, 0) is 17.2 Å². The van der Waals surface area contributed by atoms with Gasteiger partial charge in [0.05, 0.1) is 13.7 Å². The Morgan fingerprint density at radius 2 is 1.97 bits per heavy atom. The largest absolute Gasteiger partial charge is 0.507 e. The molecule has 7 nitrogen and oxygen atoms in total. The van der Waals surface area contributed by atoms with Gasteiger partial charge in [-0.1, -0.05) is 56.0 Å². The minimum absolute atomic E-state index is 0.0220. The minimum Gasteiger partial charge on any atom is -0.507 e. The predicted octanol–water partition coefficient (Wildman–Crippen LogP) is 3.44. The fourth-order valence-electron chi connectivity index (χ4n) is 2.65. The first kappa shape index (κ1) is 23.2. The van der Waals surface area contributed by atoms with Crippen LogP contribution in [0.5, 0.6) is 11.5 Å². The van der Waals surface area contributed by atoms with E-state index in [9.17, 15) is 18.3 Å². The summed E-state index contributed by atoms with van der Waals surface area (Å²) in [5, 5.41) is 11.1. The van der Waals surface area contributed by atoms with Crippen LogP contribution >= 0.6 is 0 Å². The van der Waals surface area contributed by atoms with Gasteiger partial charge in [0.25, 0.3) is 0 Å². The average Bonchev–Trinajstić information content (AvgIpc) is 2.75. The van der Waals surface area contributed by atoms with E-state index >= 15 is 0 Å². The number of rotatable bonds is 10. The molecule has 2 rings (SSSR count). The Morgan fingerprint density at radius 1 is 1.27 bits per heavy atom. The molecule has 1 atom stereocenters. The zero-order chi connectivity index (χ0) is 22.1. The molecule has 0 aliphatic carbocycles. The molecule has 0 saturated heterocycles. The minimum atomic E-state index is -3.57. The van der Waals surface area contributed by atoms with Crippen LogP contribution in [0.4, 0.5) is 0 Å². The molecule has 0 bridgehead atoms. The van der Waals surface area contributed by atoms with Crippen LogP contribution in [-0.4, -0.2) is 39.8 Å². The van der Waals surface area contributed by atoms with Gasteiger partial charge in [-0.15, -0.1) is 0 Å². The van der Waals surface area contributed by atoms with Crippen molar-refractivity contribution in [2.75, 3.05) is 20.3 Å². The van der Waals surface area contributed by atoms with Gasteiger partial charge in [0.2, 0.25) is 10.0 Å². The first-order valence-corrected chi connectivity index (χ1v) is 10.7. The smallest absolute Gasteiger partial charge is 0.342 e. The standard InChI is InChI=1S/C22H25NO6S/c1-4-30(26,27)23-12-8-11-18-13-19(28-3)14-20(24)21(18)22(25)29-15-16(2)17-9-6-5-7-10-17/h4-11,13-14,16,23-24H,1,12,15H2,2-3H3/b11-8+. The van der Waals surface area contributed by atoms with Gasteiger partial charge in [-0.25, -0.2) is 17.9 Å². The molecule has 0 fully saturated rings. The highest BCUT2D eigenvalue weighted by molar-refractivity contribution is 7.92. The fourth-order valence-corrected chi connectivity index (χ4v) is 3.10. The lowest BCUT2D eigenvalue weighted by molar-refractivity contribution is 0.0481. The Bertz CT molecular complexity index is 1020. The van der Waals surface area contributed by atoms with Crippen LogP contribution in [0.1, 0.15) is 34.3 Å². The summed E-state index contributed by atoms with van der Waals surface area (Å²) in [5.41, 5.74) is 1.33. The van der Waals surface area contributed by atoms with E-state index in [4.69, 9.17) is 9.47 Å². The van der Waals surface area contributed by atoms with Crippen LogP contribution in [0.3, 0.4) is 0 Å². The van der Waals surface area contributed by atoms with Crippen LogP contribution in [0.15, 0.2) is 60.5 Å². The highest BCUT2D eigenvalue weighted by Gasteiger charge is 2.20. The van der Waals surface area contributed by atoms with Crippen molar-refractivity contribution < 1.29 is 27.8 Å². The van der Waals surface area contributed by atoms with Crippen LogP contribution in [0.25, 0.3) is 6.08 Å². The zero-order valence-corrected chi connectivity index (χ0v) is 17.7. The lowest BCUT2D eigenvalue weighted by Crippen LogP contribution is -2.20. The summed E-state index contributed by atoms with van der Waals surface area (Å²) in [4.78, 5) is 12.7. The topological polar surface area (TPSA) is 102 Å². The van der Waals surface area contributed by atoms with Crippen molar-refractivity contribution >= 4 is 22.1 Å². The number of benzene rings is 2. The second-order valence-corrected chi connectivity index (χ2v) is 8.20. The number of hydrogen-bond donors (Lipinski definition) is 2. The van der Waals surface area contributed by atoms with Gasteiger partial charge in [0.1, 0.15) is 17.1 Å². The number of aromatic hydroxyl groups is 1. The third kappa shape index (κ3) is 6.47. The summed E-state index contributed by atoms with van der Waals surface area (Å²) in [5.74, 6) is -0.668. The summed E-state index contributed by atoms with van der Waals surface area (Å²) in [6, 6.07) is 12.5. The maximum absolute atomic E-state index is 12.7. The molecule has 8 heteroatoms. The average molecular weight is 432 g/mol. The lowest BCUT2D eigenvalue weighted by Gasteiger charge is -2.15. The summed E-state index contributed by atoms with van der Waals surface area (Å²) in [7, 11) is -2.14. The van der Waals surface area contributed by atoms with Crippen molar-refractivity contribution in [2.24, 2.45) is 0 Å². The summed E-state index contributed by atoms with van der Waals surface area (Å²) >= 11 is 0. The van der Waals surface area contributed by atoms with Crippen molar-refractivity contribution in [3.05, 3.63) is 77.2 Å². The number of hydrogen-bond acceptors (Lipinski definition) is 6. The van der Waals surface area contributed by atoms with Crippen molar-refractivity contribution in [3.8, 4) is 11.5 Å². The van der Waals surface area contributed by atoms with E-state index in [2.05, 4.69) is 11.3 Å². The molecular formula is C22H25NO6S. The van der Waals surface area contributed by atoms with Crippen LogP contribution in [0.2, 0.25) is 0 Å².